The lowest BCUT2D eigenvalue weighted by Gasteiger charge is -2.32. The Hall–Kier alpha value is -0.535. The predicted molar refractivity (Wildman–Crippen MR) is 67.3 cm³/mol. The van der Waals surface area contributed by atoms with Gasteiger partial charge in [-0.2, -0.15) is 0 Å². The number of allylic oxidation sites excluding steroid dienone is 4. The zero-order chi connectivity index (χ0) is 12.0. The van der Waals surface area contributed by atoms with Crippen LogP contribution in [0.2, 0.25) is 5.82 Å². The average molecular weight is 220 g/mol. The maximum atomic E-state index is 6.07. The fourth-order valence-electron chi connectivity index (χ4n) is 2.12. The van der Waals surface area contributed by atoms with E-state index in [4.69, 9.17) is 9.31 Å². The van der Waals surface area contributed by atoms with E-state index >= 15 is 0 Å². The molecule has 0 aromatic rings. The first-order chi connectivity index (χ1) is 7.33. The van der Waals surface area contributed by atoms with Crippen LogP contribution in [0.1, 0.15) is 34.6 Å². The summed E-state index contributed by atoms with van der Waals surface area (Å²) in [6.07, 6.45) is 8.56. The monoisotopic (exact) mass is 220 g/mol. The van der Waals surface area contributed by atoms with Gasteiger partial charge in [0.15, 0.2) is 0 Å². The van der Waals surface area contributed by atoms with Crippen LogP contribution in [0.25, 0.3) is 0 Å². The zero-order valence-corrected chi connectivity index (χ0v) is 10.9. The molecule has 0 radical (unpaired) electrons. The van der Waals surface area contributed by atoms with Gasteiger partial charge >= 0.3 is 7.12 Å². The van der Waals surface area contributed by atoms with Crippen molar-refractivity contribution in [1.29, 1.82) is 0 Å². The van der Waals surface area contributed by atoms with Crippen molar-refractivity contribution < 1.29 is 9.31 Å². The highest BCUT2D eigenvalue weighted by molar-refractivity contribution is 6.48. The van der Waals surface area contributed by atoms with Crippen molar-refractivity contribution in [2.45, 2.75) is 51.6 Å². The van der Waals surface area contributed by atoms with Crippen molar-refractivity contribution in [3.8, 4) is 0 Å². The van der Waals surface area contributed by atoms with Gasteiger partial charge in [0.2, 0.25) is 0 Å². The normalized spacial score (nSPS) is 35.7. The van der Waals surface area contributed by atoms with Gasteiger partial charge in [-0.25, -0.2) is 0 Å². The van der Waals surface area contributed by atoms with Crippen molar-refractivity contribution in [3.05, 3.63) is 24.3 Å². The Morgan fingerprint density at radius 2 is 1.44 bits per heavy atom. The molecule has 0 saturated carbocycles. The van der Waals surface area contributed by atoms with E-state index in [1.807, 2.05) is 0 Å². The van der Waals surface area contributed by atoms with E-state index in [1.54, 1.807) is 0 Å². The van der Waals surface area contributed by atoms with Gasteiger partial charge in [-0.1, -0.05) is 31.2 Å². The summed E-state index contributed by atoms with van der Waals surface area (Å²) in [5, 5.41) is 0. The van der Waals surface area contributed by atoms with Crippen molar-refractivity contribution in [3.63, 3.8) is 0 Å². The lowest BCUT2D eigenvalue weighted by molar-refractivity contribution is 0.00578. The van der Waals surface area contributed by atoms with Gasteiger partial charge in [-0.15, -0.1) is 0 Å². The molecule has 2 unspecified atom stereocenters. The van der Waals surface area contributed by atoms with Crippen molar-refractivity contribution in [2.24, 2.45) is 5.92 Å². The van der Waals surface area contributed by atoms with Crippen LogP contribution in [0, 0.1) is 5.92 Å². The summed E-state index contributed by atoms with van der Waals surface area (Å²) in [4.78, 5) is 0. The topological polar surface area (TPSA) is 18.5 Å². The van der Waals surface area contributed by atoms with Gasteiger partial charge in [0.05, 0.1) is 11.2 Å². The summed E-state index contributed by atoms with van der Waals surface area (Å²) in [5.74, 6) is 0.797. The highest BCUT2D eigenvalue weighted by Crippen LogP contribution is 2.43. The number of hydrogen-bond donors (Lipinski definition) is 0. The molecule has 1 aliphatic heterocycles. The molecule has 2 nitrogen and oxygen atoms in total. The van der Waals surface area contributed by atoms with Gasteiger partial charge in [0, 0.05) is 5.82 Å². The maximum Gasteiger partial charge on any atom is 0.465 e. The van der Waals surface area contributed by atoms with Crippen LogP contribution in [-0.4, -0.2) is 18.3 Å². The Kier molecular flexibility index (Phi) is 2.79. The van der Waals surface area contributed by atoms with E-state index in [0.29, 0.717) is 11.7 Å². The molecular formula is C13H21BO2. The van der Waals surface area contributed by atoms with Crippen molar-refractivity contribution in [1.82, 2.24) is 0 Å². The molecule has 0 spiro atoms. The van der Waals surface area contributed by atoms with Gasteiger partial charge < -0.3 is 9.31 Å². The number of hydrogen-bond acceptors (Lipinski definition) is 2. The molecule has 0 bridgehead atoms. The largest absolute Gasteiger partial charge is 0.465 e. The molecule has 88 valence electrons. The maximum absolute atomic E-state index is 6.07. The van der Waals surface area contributed by atoms with E-state index in [2.05, 4.69) is 58.9 Å². The van der Waals surface area contributed by atoms with Gasteiger partial charge in [-0.3, -0.25) is 0 Å². The predicted octanol–water partition coefficient (Wildman–Crippen LogP) is 3.21. The van der Waals surface area contributed by atoms with Crippen LogP contribution in [0.5, 0.6) is 0 Å². The zero-order valence-electron chi connectivity index (χ0n) is 10.9. The third kappa shape index (κ3) is 1.87. The van der Waals surface area contributed by atoms with E-state index in [9.17, 15) is 0 Å². The summed E-state index contributed by atoms with van der Waals surface area (Å²) in [6, 6.07) is 0. The second-order valence-corrected chi connectivity index (χ2v) is 5.83. The second kappa shape index (κ2) is 3.74. The summed E-state index contributed by atoms with van der Waals surface area (Å²) in [5.41, 5.74) is -0.460. The molecule has 1 heterocycles. The fourth-order valence-corrected chi connectivity index (χ4v) is 2.12. The van der Waals surface area contributed by atoms with Crippen LogP contribution >= 0.6 is 0 Å². The average Bonchev–Trinajstić information content (AvgIpc) is 2.36. The highest BCUT2D eigenvalue weighted by Gasteiger charge is 2.53. The lowest BCUT2D eigenvalue weighted by Crippen LogP contribution is -2.41. The summed E-state index contributed by atoms with van der Waals surface area (Å²) >= 11 is 0. The Morgan fingerprint density at radius 3 is 1.94 bits per heavy atom. The first kappa shape index (κ1) is 11.9. The Labute approximate surface area is 98.8 Å². The molecule has 2 atom stereocenters. The van der Waals surface area contributed by atoms with Crippen LogP contribution in [0.15, 0.2) is 24.3 Å². The molecule has 0 aromatic carbocycles. The molecule has 2 rings (SSSR count). The van der Waals surface area contributed by atoms with Gasteiger partial charge in [0.1, 0.15) is 0 Å². The smallest absolute Gasteiger partial charge is 0.403 e. The van der Waals surface area contributed by atoms with E-state index in [0.717, 1.165) is 0 Å². The number of rotatable bonds is 1. The first-order valence-electron chi connectivity index (χ1n) is 6.04. The quantitative estimate of drug-likeness (QED) is 0.631. The highest BCUT2D eigenvalue weighted by atomic mass is 16.7. The van der Waals surface area contributed by atoms with Gasteiger partial charge in [-0.05, 0) is 33.6 Å². The van der Waals surface area contributed by atoms with Crippen LogP contribution in [-0.2, 0) is 9.31 Å². The lowest BCUT2D eigenvalue weighted by atomic mass is 9.64. The molecule has 2 aliphatic rings. The van der Waals surface area contributed by atoms with E-state index < -0.39 is 0 Å². The molecule has 0 amide bonds. The standard InChI is InChI=1S/C13H21BO2/c1-10-8-6-7-9-11(10)14-15-12(2,3)13(4,5)16-14/h6-11H,1-5H3. The minimum absolute atomic E-state index is 0.124. The Bertz CT molecular complexity index is 315. The molecule has 1 fully saturated rings. The molecule has 0 N–H and O–H groups in total. The van der Waals surface area contributed by atoms with Gasteiger partial charge in [0.25, 0.3) is 0 Å². The van der Waals surface area contributed by atoms with Crippen molar-refractivity contribution in [2.75, 3.05) is 0 Å². The summed E-state index contributed by atoms with van der Waals surface area (Å²) in [7, 11) is -0.124. The van der Waals surface area contributed by atoms with E-state index in [1.165, 1.54) is 0 Å². The SMILES string of the molecule is CC1C=CC=CC1B1OC(C)(C)C(C)(C)O1. The first-order valence-corrected chi connectivity index (χ1v) is 6.04. The Balaban J connectivity index is 2.15. The third-order valence-corrected chi connectivity index (χ3v) is 4.05. The minimum Gasteiger partial charge on any atom is -0.403 e. The van der Waals surface area contributed by atoms with Crippen LogP contribution in [0.4, 0.5) is 0 Å². The molecule has 1 aliphatic carbocycles. The molecular weight excluding hydrogens is 199 g/mol. The molecule has 1 saturated heterocycles. The fraction of sp³-hybridized carbons (Fsp3) is 0.692. The molecule has 16 heavy (non-hydrogen) atoms. The van der Waals surface area contributed by atoms with Crippen LogP contribution < -0.4 is 0 Å². The van der Waals surface area contributed by atoms with Crippen molar-refractivity contribution >= 4 is 7.12 Å². The summed E-state index contributed by atoms with van der Waals surface area (Å²) < 4.78 is 12.1. The summed E-state index contributed by atoms with van der Waals surface area (Å²) in [6.45, 7) is 10.6. The van der Waals surface area contributed by atoms with Crippen LogP contribution in [0.3, 0.4) is 0 Å². The Morgan fingerprint density at radius 1 is 0.938 bits per heavy atom. The molecule has 3 heteroatoms. The minimum atomic E-state index is -0.230. The second-order valence-electron chi connectivity index (χ2n) is 5.83. The third-order valence-electron chi connectivity index (χ3n) is 4.05. The van der Waals surface area contributed by atoms with E-state index in [-0.39, 0.29) is 18.3 Å². The molecule has 0 aromatic heterocycles.